The van der Waals surface area contributed by atoms with Crippen LogP contribution in [-0.2, 0) is 4.74 Å². The summed E-state index contributed by atoms with van der Waals surface area (Å²) in [6, 6.07) is 1.48. The first-order valence-corrected chi connectivity index (χ1v) is 4.43. The molecule has 0 amide bonds. The van der Waals surface area contributed by atoms with Gasteiger partial charge in [0.15, 0.2) is 0 Å². The van der Waals surface area contributed by atoms with Gasteiger partial charge in [-0.25, -0.2) is 9.97 Å². The maximum absolute atomic E-state index is 11.7. The van der Waals surface area contributed by atoms with Gasteiger partial charge in [0.2, 0.25) is 0 Å². The normalized spacial score (nSPS) is 11.4. The number of nitrogens with one attached hydrogen (secondary N) is 1. The lowest BCUT2D eigenvalue weighted by molar-refractivity contribution is -0.172. The van der Waals surface area contributed by atoms with Gasteiger partial charge in [0, 0.05) is 12.6 Å². The van der Waals surface area contributed by atoms with E-state index < -0.39 is 12.8 Å². The Kier molecular flexibility index (Phi) is 4.29. The third-order valence-electron chi connectivity index (χ3n) is 1.51. The van der Waals surface area contributed by atoms with Gasteiger partial charge in [-0.3, -0.25) is 0 Å². The lowest BCUT2D eigenvalue weighted by Gasteiger charge is -2.08. The summed E-state index contributed by atoms with van der Waals surface area (Å²) in [5.41, 5.74) is 5.37. The SMILES string of the molecule is Nc1cc(NCCOCC(F)(F)F)ncn1. The highest BCUT2D eigenvalue weighted by atomic mass is 19.4. The molecule has 0 radical (unpaired) electrons. The molecule has 1 rings (SSSR count). The van der Waals surface area contributed by atoms with E-state index in [2.05, 4.69) is 20.0 Å². The number of hydrogen-bond donors (Lipinski definition) is 2. The zero-order chi connectivity index (χ0) is 12.0. The van der Waals surface area contributed by atoms with E-state index in [1.807, 2.05) is 0 Å². The second kappa shape index (κ2) is 5.50. The third-order valence-corrected chi connectivity index (χ3v) is 1.51. The van der Waals surface area contributed by atoms with Crippen molar-refractivity contribution in [1.82, 2.24) is 9.97 Å². The lowest BCUT2D eigenvalue weighted by Crippen LogP contribution is -2.20. The van der Waals surface area contributed by atoms with E-state index >= 15 is 0 Å². The van der Waals surface area contributed by atoms with Crippen LogP contribution >= 0.6 is 0 Å². The van der Waals surface area contributed by atoms with Crippen LogP contribution in [0.5, 0.6) is 0 Å². The number of anilines is 2. The van der Waals surface area contributed by atoms with Gasteiger partial charge in [-0.1, -0.05) is 0 Å². The zero-order valence-electron chi connectivity index (χ0n) is 8.29. The van der Waals surface area contributed by atoms with E-state index in [9.17, 15) is 13.2 Å². The number of halogens is 3. The summed E-state index contributed by atoms with van der Waals surface area (Å²) in [4.78, 5) is 7.47. The Morgan fingerprint density at radius 3 is 2.75 bits per heavy atom. The minimum Gasteiger partial charge on any atom is -0.384 e. The number of aromatic nitrogens is 2. The molecule has 0 saturated heterocycles. The number of nitrogens with two attached hydrogens (primary N) is 1. The molecule has 5 nitrogen and oxygen atoms in total. The van der Waals surface area contributed by atoms with Crippen molar-refractivity contribution in [1.29, 1.82) is 0 Å². The van der Waals surface area contributed by atoms with Gasteiger partial charge in [0.05, 0.1) is 6.61 Å². The first-order valence-electron chi connectivity index (χ1n) is 4.43. The van der Waals surface area contributed by atoms with Gasteiger partial charge < -0.3 is 15.8 Å². The predicted molar refractivity (Wildman–Crippen MR) is 51.8 cm³/mol. The monoisotopic (exact) mass is 236 g/mol. The van der Waals surface area contributed by atoms with Crippen molar-refractivity contribution in [3.05, 3.63) is 12.4 Å². The summed E-state index contributed by atoms with van der Waals surface area (Å²) in [7, 11) is 0. The van der Waals surface area contributed by atoms with Crippen molar-refractivity contribution in [3.8, 4) is 0 Å². The Bertz CT molecular complexity index is 331. The molecule has 0 unspecified atom stereocenters. The van der Waals surface area contributed by atoms with E-state index in [0.29, 0.717) is 5.82 Å². The molecule has 0 aliphatic rings. The molecule has 1 aromatic rings. The molecule has 8 heteroatoms. The smallest absolute Gasteiger partial charge is 0.384 e. The van der Waals surface area contributed by atoms with E-state index in [1.54, 1.807) is 0 Å². The van der Waals surface area contributed by atoms with Gasteiger partial charge in [-0.15, -0.1) is 0 Å². The Morgan fingerprint density at radius 1 is 1.38 bits per heavy atom. The minimum absolute atomic E-state index is 0.0661. The van der Waals surface area contributed by atoms with Crippen molar-refractivity contribution < 1.29 is 17.9 Å². The molecular formula is C8H11F3N4O. The molecule has 0 aliphatic carbocycles. The van der Waals surface area contributed by atoms with Crippen LogP contribution in [-0.4, -0.2) is 35.9 Å². The summed E-state index contributed by atoms with van der Waals surface area (Å²) in [5, 5.41) is 2.75. The van der Waals surface area contributed by atoms with Crippen molar-refractivity contribution in [2.24, 2.45) is 0 Å². The average Bonchev–Trinajstić information content (AvgIpc) is 2.15. The van der Waals surface area contributed by atoms with Gasteiger partial charge in [-0.05, 0) is 0 Å². The molecule has 1 heterocycles. The number of nitrogens with zero attached hydrogens (tertiary/aromatic N) is 2. The average molecular weight is 236 g/mol. The second-order valence-corrected chi connectivity index (χ2v) is 2.92. The maximum Gasteiger partial charge on any atom is 0.411 e. The Balaban J connectivity index is 2.17. The molecular weight excluding hydrogens is 225 g/mol. The van der Waals surface area contributed by atoms with Crippen molar-refractivity contribution in [2.45, 2.75) is 6.18 Å². The summed E-state index contributed by atoms with van der Waals surface area (Å²) >= 11 is 0. The van der Waals surface area contributed by atoms with Crippen molar-refractivity contribution in [2.75, 3.05) is 30.8 Å². The molecule has 0 bridgehead atoms. The van der Waals surface area contributed by atoms with Crippen LogP contribution in [0.25, 0.3) is 0 Å². The fourth-order valence-electron chi connectivity index (χ4n) is 0.908. The number of ether oxygens (including phenoxy) is 1. The first-order chi connectivity index (χ1) is 7.47. The van der Waals surface area contributed by atoms with Gasteiger partial charge in [0.1, 0.15) is 24.6 Å². The molecule has 90 valence electrons. The highest BCUT2D eigenvalue weighted by molar-refractivity contribution is 5.42. The molecule has 0 spiro atoms. The Morgan fingerprint density at radius 2 is 2.12 bits per heavy atom. The summed E-state index contributed by atoms with van der Waals surface area (Å²) < 4.78 is 39.4. The predicted octanol–water partition coefficient (Wildman–Crippen LogP) is 1.05. The highest BCUT2D eigenvalue weighted by Gasteiger charge is 2.27. The molecule has 16 heavy (non-hydrogen) atoms. The van der Waals surface area contributed by atoms with E-state index in [-0.39, 0.29) is 19.0 Å². The zero-order valence-corrected chi connectivity index (χ0v) is 8.29. The van der Waals surface area contributed by atoms with Crippen LogP contribution < -0.4 is 11.1 Å². The molecule has 0 aliphatic heterocycles. The number of alkyl halides is 3. The van der Waals surface area contributed by atoms with Crippen LogP contribution in [0.15, 0.2) is 12.4 Å². The number of rotatable bonds is 5. The molecule has 0 fully saturated rings. The quantitative estimate of drug-likeness (QED) is 0.747. The van der Waals surface area contributed by atoms with Crippen LogP contribution in [0.4, 0.5) is 24.8 Å². The van der Waals surface area contributed by atoms with Crippen molar-refractivity contribution in [3.63, 3.8) is 0 Å². The molecule has 1 aromatic heterocycles. The van der Waals surface area contributed by atoms with E-state index in [1.165, 1.54) is 12.4 Å². The maximum atomic E-state index is 11.7. The van der Waals surface area contributed by atoms with Crippen LogP contribution in [0, 0.1) is 0 Å². The lowest BCUT2D eigenvalue weighted by atomic mass is 10.5. The third kappa shape index (κ3) is 5.35. The standard InChI is InChI=1S/C8H11F3N4O/c9-8(10,11)4-16-2-1-13-7-3-6(12)14-5-15-7/h3,5H,1-2,4H2,(H3,12,13,14,15). The van der Waals surface area contributed by atoms with E-state index in [4.69, 9.17) is 5.73 Å². The van der Waals surface area contributed by atoms with E-state index in [0.717, 1.165) is 0 Å². The second-order valence-electron chi connectivity index (χ2n) is 2.92. The molecule has 3 N–H and O–H groups in total. The molecule has 0 aromatic carbocycles. The van der Waals surface area contributed by atoms with Gasteiger partial charge in [-0.2, -0.15) is 13.2 Å². The van der Waals surface area contributed by atoms with Gasteiger partial charge >= 0.3 is 6.18 Å². The fraction of sp³-hybridized carbons (Fsp3) is 0.500. The molecule has 0 saturated carbocycles. The minimum atomic E-state index is -4.29. The molecule has 0 atom stereocenters. The topological polar surface area (TPSA) is 73.1 Å². The van der Waals surface area contributed by atoms with Crippen LogP contribution in [0.2, 0.25) is 0 Å². The highest BCUT2D eigenvalue weighted by Crippen LogP contribution is 2.14. The largest absolute Gasteiger partial charge is 0.411 e. The van der Waals surface area contributed by atoms with Crippen LogP contribution in [0.3, 0.4) is 0 Å². The summed E-state index contributed by atoms with van der Waals surface area (Å²) in [6.07, 6.45) is -3.03. The van der Waals surface area contributed by atoms with Crippen molar-refractivity contribution >= 4 is 11.6 Å². The summed E-state index contributed by atoms with van der Waals surface area (Å²) in [5.74, 6) is 0.733. The Labute approximate surface area is 89.8 Å². The Hall–Kier alpha value is -1.57. The fourth-order valence-corrected chi connectivity index (χ4v) is 0.908. The summed E-state index contributed by atoms with van der Waals surface area (Å²) in [6.45, 7) is -1.10. The first kappa shape index (κ1) is 12.5. The van der Waals surface area contributed by atoms with Gasteiger partial charge in [0.25, 0.3) is 0 Å². The van der Waals surface area contributed by atoms with Crippen LogP contribution in [0.1, 0.15) is 0 Å². The number of hydrogen-bond acceptors (Lipinski definition) is 5. The number of nitrogen functional groups attached to an aromatic ring is 1.